The maximum Gasteiger partial charge on any atom is 0.146 e. The van der Waals surface area contributed by atoms with Crippen molar-refractivity contribution in [3.05, 3.63) is 53.7 Å². The topological polar surface area (TPSA) is 36.6 Å². The van der Waals surface area contributed by atoms with Crippen LogP contribution in [-0.4, -0.2) is 12.2 Å². The first-order valence-electron chi connectivity index (χ1n) is 5.79. The van der Waals surface area contributed by atoms with Crippen LogP contribution in [0.4, 0.5) is 10.1 Å². The molecule has 4 heteroatoms. The molecule has 96 valence electrons. The molecule has 1 heterocycles. The first-order chi connectivity index (χ1) is 8.58. The van der Waals surface area contributed by atoms with Crippen LogP contribution in [0.15, 0.2) is 41.0 Å². The van der Waals surface area contributed by atoms with Crippen LogP contribution in [0.3, 0.4) is 0 Å². The molecular formula is C14H16FNO2. The van der Waals surface area contributed by atoms with Crippen LogP contribution in [0, 0.1) is 5.82 Å². The van der Waals surface area contributed by atoms with Crippen molar-refractivity contribution in [2.75, 3.05) is 11.9 Å². The van der Waals surface area contributed by atoms with Crippen molar-refractivity contribution in [2.24, 2.45) is 0 Å². The van der Waals surface area contributed by atoms with E-state index in [2.05, 4.69) is 0 Å². The molecule has 2 aromatic rings. The van der Waals surface area contributed by atoms with E-state index in [1.54, 1.807) is 43.3 Å². The van der Waals surface area contributed by atoms with E-state index >= 15 is 0 Å². The highest BCUT2D eigenvalue weighted by Gasteiger charge is 2.11. The first-order valence-corrected chi connectivity index (χ1v) is 5.79. The van der Waals surface area contributed by atoms with Crippen molar-refractivity contribution in [2.45, 2.75) is 19.6 Å². The average Bonchev–Trinajstić information content (AvgIpc) is 2.81. The maximum atomic E-state index is 13.9. The Morgan fingerprint density at radius 1 is 1.39 bits per heavy atom. The highest BCUT2D eigenvalue weighted by atomic mass is 19.1. The predicted octanol–water partition coefficient (Wildman–Crippen LogP) is 3.11. The van der Waals surface area contributed by atoms with Crippen LogP contribution < -0.4 is 4.90 Å². The summed E-state index contributed by atoms with van der Waals surface area (Å²) in [5.41, 5.74) is 1.05. The Balaban J connectivity index is 2.17. The molecule has 0 aliphatic carbocycles. The first kappa shape index (κ1) is 12.6. The van der Waals surface area contributed by atoms with E-state index in [1.807, 2.05) is 6.07 Å². The molecule has 2 rings (SSSR count). The zero-order chi connectivity index (χ0) is 13.1. The summed E-state index contributed by atoms with van der Waals surface area (Å²) in [5.74, 6) is 0.430. The summed E-state index contributed by atoms with van der Waals surface area (Å²) in [6, 6.07) is 8.40. The van der Waals surface area contributed by atoms with Gasteiger partial charge in [0, 0.05) is 7.05 Å². The molecule has 0 bridgehead atoms. The summed E-state index contributed by atoms with van der Waals surface area (Å²) < 4.78 is 19.1. The molecule has 0 saturated carbocycles. The Kier molecular flexibility index (Phi) is 3.67. The lowest BCUT2D eigenvalue weighted by molar-refractivity contribution is 0.199. The quantitative estimate of drug-likeness (QED) is 0.904. The number of furan rings is 1. The Hall–Kier alpha value is -1.81. The lowest BCUT2D eigenvalue weighted by Gasteiger charge is -2.19. The Morgan fingerprint density at radius 3 is 2.72 bits per heavy atom. The van der Waals surface area contributed by atoms with Gasteiger partial charge in [-0.25, -0.2) is 4.39 Å². The number of halogens is 1. The molecule has 3 nitrogen and oxygen atoms in total. The molecule has 0 amide bonds. The van der Waals surface area contributed by atoms with Crippen LogP contribution in [0.25, 0.3) is 0 Å². The second-order valence-corrected chi connectivity index (χ2v) is 4.32. The summed E-state index contributed by atoms with van der Waals surface area (Å²) in [7, 11) is 1.79. The number of aliphatic hydroxyl groups excluding tert-OH is 1. The summed E-state index contributed by atoms with van der Waals surface area (Å²) in [4.78, 5) is 1.76. The van der Waals surface area contributed by atoms with Gasteiger partial charge in [0.1, 0.15) is 11.6 Å². The number of nitrogens with zero attached hydrogens (tertiary/aromatic N) is 1. The number of rotatable bonds is 4. The highest BCUT2D eigenvalue weighted by Crippen LogP contribution is 2.23. The smallest absolute Gasteiger partial charge is 0.146 e. The van der Waals surface area contributed by atoms with Gasteiger partial charge in [0.2, 0.25) is 0 Å². The fourth-order valence-electron chi connectivity index (χ4n) is 1.81. The van der Waals surface area contributed by atoms with E-state index in [4.69, 9.17) is 4.42 Å². The van der Waals surface area contributed by atoms with Gasteiger partial charge in [-0.1, -0.05) is 6.07 Å². The van der Waals surface area contributed by atoms with E-state index in [-0.39, 0.29) is 5.82 Å². The predicted molar refractivity (Wildman–Crippen MR) is 67.8 cm³/mol. The van der Waals surface area contributed by atoms with Gasteiger partial charge in [-0.15, -0.1) is 0 Å². The fourth-order valence-corrected chi connectivity index (χ4v) is 1.81. The Morgan fingerprint density at radius 2 is 2.17 bits per heavy atom. The molecule has 0 aliphatic heterocycles. The van der Waals surface area contributed by atoms with E-state index in [9.17, 15) is 9.50 Å². The van der Waals surface area contributed by atoms with Crippen molar-refractivity contribution in [3.63, 3.8) is 0 Å². The molecule has 0 fully saturated rings. The summed E-state index contributed by atoms with van der Waals surface area (Å²) in [6.07, 6.45) is 0.930. The van der Waals surface area contributed by atoms with Gasteiger partial charge in [0.25, 0.3) is 0 Å². The summed E-state index contributed by atoms with van der Waals surface area (Å²) >= 11 is 0. The minimum Gasteiger partial charge on any atom is -0.467 e. The van der Waals surface area contributed by atoms with Gasteiger partial charge in [0.05, 0.1) is 24.6 Å². The van der Waals surface area contributed by atoms with E-state index in [0.717, 1.165) is 5.76 Å². The lowest BCUT2D eigenvalue weighted by Crippen LogP contribution is -2.17. The monoisotopic (exact) mass is 249 g/mol. The largest absolute Gasteiger partial charge is 0.467 e. The maximum absolute atomic E-state index is 13.9. The van der Waals surface area contributed by atoms with Crippen molar-refractivity contribution in [1.29, 1.82) is 0 Å². The summed E-state index contributed by atoms with van der Waals surface area (Å²) in [5, 5.41) is 9.39. The molecule has 0 spiro atoms. The number of hydrogen-bond acceptors (Lipinski definition) is 3. The average molecular weight is 249 g/mol. The third-order valence-electron chi connectivity index (χ3n) is 2.84. The normalized spacial score (nSPS) is 12.4. The zero-order valence-electron chi connectivity index (χ0n) is 10.4. The van der Waals surface area contributed by atoms with Crippen molar-refractivity contribution >= 4 is 5.69 Å². The van der Waals surface area contributed by atoms with Crippen LogP contribution >= 0.6 is 0 Å². The minimum atomic E-state index is -0.663. The molecule has 0 aliphatic rings. The van der Waals surface area contributed by atoms with E-state index in [1.165, 1.54) is 6.07 Å². The molecule has 0 radical (unpaired) electrons. The van der Waals surface area contributed by atoms with Crippen LogP contribution in [-0.2, 0) is 6.54 Å². The molecule has 1 aromatic carbocycles. The number of benzene rings is 1. The summed E-state index contributed by atoms with van der Waals surface area (Å²) in [6.45, 7) is 2.11. The number of aliphatic hydroxyl groups is 1. The third kappa shape index (κ3) is 2.71. The van der Waals surface area contributed by atoms with Crippen LogP contribution in [0.2, 0.25) is 0 Å². The van der Waals surface area contributed by atoms with Crippen molar-refractivity contribution in [3.8, 4) is 0 Å². The van der Waals surface area contributed by atoms with Crippen molar-refractivity contribution in [1.82, 2.24) is 0 Å². The zero-order valence-corrected chi connectivity index (χ0v) is 10.4. The third-order valence-corrected chi connectivity index (χ3v) is 2.84. The van der Waals surface area contributed by atoms with E-state index in [0.29, 0.717) is 17.8 Å². The SMILES string of the molecule is CC(O)c1ccc(N(C)Cc2ccco2)c(F)c1. The second kappa shape index (κ2) is 5.23. The van der Waals surface area contributed by atoms with Gasteiger partial charge in [0.15, 0.2) is 0 Å². The number of anilines is 1. The Bertz CT molecular complexity index is 509. The standard InChI is InChI=1S/C14H16FNO2/c1-10(17)11-5-6-14(13(15)8-11)16(2)9-12-4-3-7-18-12/h3-8,10,17H,9H2,1-2H3. The van der Waals surface area contributed by atoms with Gasteiger partial charge >= 0.3 is 0 Å². The van der Waals surface area contributed by atoms with Crippen molar-refractivity contribution < 1.29 is 13.9 Å². The van der Waals surface area contributed by atoms with Gasteiger partial charge in [-0.3, -0.25) is 0 Å². The molecule has 1 N–H and O–H groups in total. The molecule has 18 heavy (non-hydrogen) atoms. The number of hydrogen-bond donors (Lipinski definition) is 1. The second-order valence-electron chi connectivity index (χ2n) is 4.32. The van der Waals surface area contributed by atoms with Crippen LogP contribution in [0.1, 0.15) is 24.4 Å². The molecular weight excluding hydrogens is 233 g/mol. The van der Waals surface area contributed by atoms with Gasteiger partial charge < -0.3 is 14.4 Å². The van der Waals surface area contributed by atoms with E-state index < -0.39 is 6.10 Å². The minimum absolute atomic E-state index is 0.345. The highest BCUT2D eigenvalue weighted by molar-refractivity contribution is 5.48. The molecule has 1 unspecified atom stereocenters. The van der Waals surface area contributed by atoms with Crippen LogP contribution in [0.5, 0.6) is 0 Å². The van der Waals surface area contributed by atoms with Gasteiger partial charge in [-0.2, -0.15) is 0 Å². The molecule has 1 atom stereocenters. The fraction of sp³-hybridized carbons (Fsp3) is 0.286. The van der Waals surface area contributed by atoms with Gasteiger partial charge in [-0.05, 0) is 36.8 Å². The molecule has 1 aromatic heterocycles. The molecule has 0 saturated heterocycles. The Labute approximate surface area is 105 Å². The lowest BCUT2D eigenvalue weighted by atomic mass is 10.1.